The third-order valence-electron chi connectivity index (χ3n) is 2.49. The van der Waals surface area contributed by atoms with Crippen LogP contribution in [0.4, 0.5) is 8.78 Å². The molecule has 0 aliphatic heterocycles. The Morgan fingerprint density at radius 2 is 1.95 bits per heavy atom. The van der Waals surface area contributed by atoms with Crippen LogP contribution in [0.3, 0.4) is 0 Å². The van der Waals surface area contributed by atoms with Crippen molar-refractivity contribution < 1.29 is 23.8 Å². The van der Waals surface area contributed by atoms with Gasteiger partial charge in [-0.15, -0.1) is 0 Å². The predicted molar refractivity (Wildman–Crippen MR) is 65.9 cm³/mol. The minimum absolute atomic E-state index is 0.0292. The maximum absolute atomic E-state index is 13.6. The summed E-state index contributed by atoms with van der Waals surface area (Å²) in [6, 6.07) is 1.21. The molecule has 0 unspecified atom stereocenters. The second-order valence-electron chi connectivity index (χ2n) is 4.91. The van der Waals surface area contributed by atoms with Gasteiger partial charge in [0.25, 0.3) is 5.91 Å². The van der Waals surface area contributed by atoms with Crippen LogP contribution in [0.25, 0.3) is 0 Å². The first-order valence-corrected chi connectivity index (χ1v) is 5.85. The van der Waals surface area contributed by atoms with Crippen molar-refractivity contribution >= 4 is 5.91 Å². The van der Waals surface area contributed by atoms with Gasteiger partial charge in [-0.25, -0.2) is 8.78 Å². The molecule has 0 aliphatic rings. The molecule has 1 amide bonds. The van der Waals surface area contributed by atoms with Crippen molar-refractivity contribution in [3.05, 3.63) is 29.3 Å². The first-order chi connectivity index (χ1) is 8.65. The molecule has 0 heterocycles. The Labute approximate surface area is 110 Å². The monoisotopic (exact) mass is 273 g/mol. The van der Waals surface area contributed by atoms with E-state index in [0.717, 1.165) is 0 Å². The van der Waals surface area contributed by atoms with E-state index < -0.39 is 34.5 Å². The number of halogens is 2. The van der Waals surface area contributed by atoms with Crippen LogP contribution in [0.5, 0.6) is 5.75 Å². The minimum Gasteiger partial charge on any atom is -0.507 e. The van der Waals surface area contributed by atoms with Gasteiger partial charge in [0.2, 0.25) is 0 Å². The summed E-state index contributed by atoms with van der Waals surface area (Å²) >= 11 is 0. The van der Waals surface area contributed by atoms with Gasteiger partial charge < -0.3 is 15.1 Å². The number of phenols is 1. The second kappa shape index (κ2) is 5.52. The number of hydrogen-bond donors (Lipinski definition) is 2. The highest BCUT2D eigenvalue weighted by molar-refractivity contribution is 5.97. The maximum Gasteiger partial charge on any atom is 0.260 e. The summed E-state index contributed by atoms with van der Waals surface area (Å²) in [5.41, 5.74) is -1.75. The molecule has 0 aliphatic carbocycles. The van der Waals surface area contributed by atoms with Crippen LogP contribution in [-0.2, 0) is 0 Å². The van der Waals surface area contributed by atoms with Gasteiger partial charge in [-0.05, 0) is 20.8 Å². The first kappa shape index (κ1) is 15.4. The zero-order valence-corrected chi connectivity index (χ0v) is 11.1. The quantitative estimate of drug-likeness (QED) is 0.881. The Morgan fingerprint density at radius 3 is 2.37 bits per heavy atom. The van der Waals surface area contributed by atoms with Crippen LogP contribution in [0.2, 0.25) is 0 Å². The highest BCUT2D eigenvalue weighted by atomic mass is 19.1. The van der Waals surface area contributed by atoms with E-state index in [0.29, 0.717) is 12.1 Å². The average Bonchev–Trinajstić information content (AvgIpc) is 2.22. The van der Waals surface area contributed by atoms with E-state index in [2.05, 4.69) is 0 Å². The largest absolute Gasteiger partial charge is 0.507 e. The highest BCUT2D eigenvalue weighted by Crippen LogP contribution is 2.24. The van der Waals surface area contributed by atoms with Crippen molar-refractivity contribution in [3.63, 3.8) is 0 Å². The second-order valence-corrected chi connectivity index (χ2v) is 4.91. The summed E-state index contributed by atoms with van der Waals surface area (Å²) in [5, 5.41) is 19.2. The van der Waals surface area contributed by atoms with Crippen LogP contribution in [0.15, 0.2) is 12.1 Å². The molecule has 106 valence electrons. The predicted octanol–water partition coefficient (Wildman–Crippen LogP) is 1.90. The Hall–Kier alpha value is -1.69. The minimum atomic E-state index is -1.15. The normalized spacial score (nSPS) is 11.5. The molecule has 0 bridgehead atoms. The smallest absolute Gasteiger partial charge is 0.260 e. The number of rotatable bonds is 4. The number of nitrogens with zero attached hydrogens (tertiary/aromatic N) is 1. The fourth-order valence-corrected chi connectivity index (χ4v) is 1.72. The first-order valence-electron chi connectivity index (χ1n) is 5.85. The lowest BCUT2D eigenvalue weighted by Gasteiger charge is -2.28. The van der Waals surface area contributed by atoms with Gasteiger partial charge in [0, 0.05) is 25.2 Å². The van der Waals surface area contributed by atoms with Crippen molar-refractivity contribution in [2.75, 3.05) is 13.1 Å². The van der Waals surface area contributed by atoms with E-state index in [9.17, 15) is 23.8 Å². The lowest BCUT2D eigenvalue weighted by Crippen LogP contribution is -2.42. The van der Waals surface area contributed by atoms with Gasteiger partial charge >= 0.3 is 0 Å². The van der Waals surface area contributed by atoms with Crippen molar-refractivity contribution in [1.29, 1.82) is 0 Å². The molecule has 0 fully saturated rings. The zero-order valence-electron chi connectivity index (χ0n) is 11.1. The van der Waals surface area contributed by atoms with Crippen molar-refractivity contribution in [1.82, 2.24) is 4.90 Å². The molecule has 0 atom stereocenters. The number of phenolic OH excluding ortho intramolecular Hbond substituents is 1. The van der Waals surface area contributed by atoms with E-state index in [4.69, 9.17) is 0 Å². The van der Waals surface area contributed by atoms with E-state index >= 15 is 0 Å². The third kappa shape index (κ3) is 3.89. The molecule has 0 radical (unpaired) electrons. The maximum atomic E-state index is 13.6. The number of aromatic hydroxyl groups is 1. The molecule has 0 spiro atoms. The van der Waals surface area contributed by atoms with Crippen LogP contribution in [0, 0.1) is 11.6 Å². The fourth-order valence-electron chi connectivity index (χ4n) is 1.72. The molecule has 19 heavy (non-hydrogen) atoms. The molecule has 1 aromatic rings. The molecule has 1 aromatic carbocycles. The topological polar surface area (TPSA) is 60.8 Å². The Balaban J connectivity index is 3.11. The molecule has 0 aromatic heterocycles. The molecule has 1 rings (SSSR count). The highest BCUT2D eigenvalue weighted by Gasteiger charge is 2.26. The number of carbonyl (C=O) groups excluding carboxylic acids is 1. The summed E-state index contributed by atoms with van der Waals surface area (Å²) in [7, 11) is 0. The van der Waals surface area contributed by atoms with Crippen molar-refractivity contribution in [2.45, 2.75) is 26.4 Å². The van der Waals surface area contributed by atoms with Gasteiger partial charge in [0.05, 0.1) is 5.60 Å². The van der Waals surface area contributed by atoms with Crippen LogP contribution in [-0.4, -0.2) is 39.7 Å². The number of aliphatic hydroxyl groups is 1. The molecular weight excluding hydrogens is 256 g/mol. The number of carbonyl (C=O) groups is 1. The van der Waals surface area contributed by atoms with E-state index in [1.807, 2.05) is 0 Å². The SMILES string of the molecule is CCN(CC(C)(C)O)C(=O)c1c(O)cc(F)cc1F. The third-order valence-corrected chi connectivity index (χ3v) is 2.49. The van der Waals surface area contributed by atoms with Crippen LogP contribution < -0.4 is 0 Å². The van der Waals surface area contributed by atoms with E-state index in [1.165, 1.54) is 18.7 Å². The van der Waals surface area contributed by atoms with Crippen LogP contribution >= 0.6 is 0 Å². The molecule has 0 saturated heterocycles. The molecule has 2 N–H and O–H groups in total. The van der Waals surface area contributed by atoms with Gasteiger partial charge in [-0.1, -0.05) is 0 Å². The summed E-state index contributed by atoms with van der Waals surface area (Å²) < 4.78 is 26.4. The Kier molecular flexibility index (Phi) is 4.47. The molecular formula is C13H17F2NO3. The van der Waals surface area contributed by atoms with Gasteiger partial charge in [-0.2, -0.15) is 0 Å². The molecule has 6 heteroatoms. The van der Waals surface area contributed by atoms with Crippen LogP contribution in [0.1, 0.15) is 31.1 Å². The Bertz CT molecular complexity index is 460. The lowest BCUT2D eigenvalue weighted by molar-refractivity contribution is 0.0310. The van der Waals surface area contributed by atoms with Crippen molar-refractivity contribution in [3.8, 4) is 5.75 Å². The zero-order chi connectivity index (χ0) is 14.8. The van der Waals surface area contributed by atoms with Crippen molar-refractivity contribution in [2.24, 2.45) is 0 Å². The van der Waals surface area contributed by atoms with Gasteiger partial charge in [-0.3, -0.25) is 4.79 Å². The summed E-state index contributed by atoms with van der Waals surface area (Å²) in [6.45, 7) is 4.85. The number of likely N-dealkylation sites (N-methyl/N-ethyl adjacent to an activating group) is 1. The fraction of sp³-hybridized carbons (Fsp3) is 0.462. The van der Waals surface area contributed by atoms with E-state index in [1.54, 1.807) is 6.92 Å². The number of hydrogen-bond acceptors (Lipinski definition) is 3. The van der Waals surface area contributed by atoms with Gasteiger partial charge in [0.15, 0.2) is 0 Å². The standard InChI is InChI=1S/C13H17F2NO3/c1-4-16(7-13(2,3)19)12(18)11-9(15)5-8(14)6-10(11)17/h5-6,17,19H,4,7H2,1-3H3. The number of benzene rings is 1. The molecule has 4 nitrogen and oxygen atoms in total. The van der Waals surface area contributed by atoms with E-state index in [-0.39, 0.29) is 13.1 Å². The summed E-state index contributed by atoms with van der Waals surface area (Å²) in [5.74, 6) is -3.63. The summed E-state index contributed by atoms with van der Waals surface area (Å²) in [6.07, 6.45) is 0. The van der Waals surface area contributed by atoms with Gasteiger partial charge in [0.1, 0.15) is 22.9 Å². The molecule has 0 saturated carbocycles. The lowest BCUT2D eigenvalue weighted by atomic mass is 10.1. The Morgan fingerprint density at radius 1 is 1.37 bits per heavy atom. The number of amides is 1. The summed E-state index contributed by atoms with van der Waals surface area (Å²) in [4.78, 5) is 13.3. The average molecular weight is 273 g/mol.